The molecule has 2 aliphatic heterocycles. The van der Waals surface area contributed by atoms with Gasteiger partial charge in [-0.05, 0) is 50.1 Å². The van der Waals surface area contributed by atoms with Crippen molar-refractivity contribution in [1.29, 1.82) is 0 Å². The molecule has 2 aromatic rings. The van der Waals surface area contributed by atoms with Crippen LogP contribution < -0.4 is 0 Å². The molecule has 1 aromatic carbocycles. The van der Waals surface area contributed by atoms with Crippen LogP contribution in [0, 0.1) is 11.2 Å². The number of amides is 1. The number of carbonyl (C=O) groups is 1. The van der Waals surface area contributed by atoms with Gasteiger partial charge in [-0.25, -0.2) is 9.07 Å². The number of rotatable bonds is 5. The molecule has 1 spiro atoms. The van der Waals surface area contributed by atoms with Crippen molar-refractivity contribution in [3.63, 3.8) is 0 Å². The lowest BCUT2D eigenvalue weighted by molar-refractivity contribution is -0.135. The summed E-state index contributed by atoms with van der Waals surface area (Å²) in [5.74, 6) is 0.102. The Hall–Kier alpha value is -2.21. The minimum Gasteiger partial charge on any atom is -0.342 e. The predicted octanol–water partition coefficient (Wildman–Crippen LogP) is 2.85. The number of carbonyl (C=O) groups excluding carboxylic acids is 1. The van der Waals surface area contributed by atoms with E-state index in [1.54, 1.807) is 16.8 Å². The fourth-order valence-electron chi connectivity index (χ4n) is 4.28. The smallest absolute Gasteiger partial charge is 0.230 e. The van der Waals surface area contributed by atoms with E-state index in [-0.39, 0.29) is 11.2 Å². The number of nitrogens with zero attached hydrogens (tertiary/aromatic N) is 4. The molecule has 1 amide bonds. The maximum Gasteiger partial charge on any atom is 0.230 e. The molecule has 2 saturated heterocycles. The largest absolute Gasteiger partial charge is 0.342 e. The third-order valence-electron chi connectivity index (χ3n) is 5.66. The highest BCUT2D eigenvalue weighted by atomic mass is 19.1. The van der Waals surface area contributed by atoms with Crippen LogP contribution in [0.4, 0.5) is 4.39 Å². The Bertz CT molecular complexity index is 787. The van der Waals surface area contributed by atoms with Crippen LogP contribution in [-0.4, -0.2) is 51.7 Å². The van der Waals surface area contributed by atoms with Gasteiger partial charge in [0.25, 0.3) is 0 Å². The van der Waals surface area contributed by atoms with Crippen LogP contribution in [0.3, 0.4) is 0 Å². The lowest BCUT2D eigenvalue weighted by atomic mass is 9.85. The summed E-state index contributed by atoms with van der Waals surface area (Å²) in [4.78, 5) is 17.2. The highest BCUT2D eigenvalue weighted by molar-refractivity contribution is 5.85. The van der Waals surface area contributed by atoms with Crippen LogP contribution in [0.15, 0.2) is 36.7 Å². The summed E-state index contributed by atoms with van der Waals surface area (Å²) in [6, 6.07) is 6.32. The zero-order chi connectivity index (χ0) is 18.1. The van der Waals surface area contributed by atoms with Crippen molar-refractivity contribution in [1.82, 2.24) is 19.6 Å². The standard InChI is InChI=1S/C20H25FN4O/c1-2-9-24-11-8-20(19(24)26)7-10-23(15-20)13-16-12-22-25(14-16)18-5-3-17(21)4-6-18/h3-6,12,14H,2,7-11,13,15H2,1H3. The third-order valence-corrected chi connectivity index (χ3v) is 5.66. The van der Waals surface area contributed by atoms with Crippen molar-refractivity contribution in [2.75, 3.05) is 26.2 Å². The van der Waals surface area contributed by atoms with Gasteiger partial charge in [0, 0.05) is 37.9 Å². The highest BCUT2D eigenvalue weighted by Crippen LogP contribution is 2.41. The Labute approximate surface area is 153 Å². The fraction of sp³-hybridized carbons (Fsp3) is 0.500. The Morgan fingerprint density at radius 2 is 1.96 bits per heavy atom. The summed E-state index contributed by atoms with van der Waals surface area (Å²) in [5, 5.41) is 4.39. The molecular formula is C20H25FN4O. The molecule has 1 aromatic heterocycles. The lowest BCUT2D eigenvalue weighted by Gasteiger charge is -2.23. The molecule has 5 nitrogen and oxygen atoms in total. The van der Waals surface area contributed by atoms with Gasteiger partial charge >= 0.3 is 0 Å². The van der Waals surface area contributed by atoms with Gasteiger partial charge in [-0.15, -0.1) is 0 Å². The highest BCUT2D eigenvalue weighted by Gasteiger charge is 2.50. The van der Waals surface area contributed by atoms with E-state index >= 15 is 0 Å². The maximum atomic E-state index is 13.1. The second-order valence-electron chi connectivity index (χ2n) is 7.55. The van der Waals surface area contributed by atoms with E-state index in [1.807, 2.05) is 17.3 Å². The average Bonchev–Trinajstić information content (AvgIpc) is 3.33. The molecule has 4 rings (SSSR count). The fourth-order valence-corrected chi connectivity index (χ4v) is 4.28. The normalized spacial score (nSPS) is 23.5. The van der Waals surface area contributed by atoms with E-state index in [9.17, 15) is 9.18 Å². The number of likely N-dealkylation sites (tertiary alicyclic amines) is 2. The maximum absolute atomic E-state index is 13.1. The molecule has 2 aliphatic rings. The first-order valence-electron chi connectivity index (χ1n) is 9.41. The van der Waals surface area contributed by atoms with Crippen LogP contribution in [0.1, 0.15) is 31.7 Å². The first-order chi connectivity index (χ1) is 12.6. The Morgan fingerprint density at radius 3 is 2.73 bits per heavy atom. The van der Waals surface area contributed by atoms with Gasteiger partial charge in [-0.1, -0.05) is 6.92 Å². The van der Waals surface area contributed by atoms with Crippen LogP contribution in [0.25, 0.3) is 5.69 Å². The van der Waals surface area contributed by atoms with Gasteiger partial charge in [0.05, 0.1) is 17.3 Å². The lowest BCUT2D eigenvalue weighted by Crippen LogP contribution is -2.37. The molecule has 0 radical (unpaired) electrons. The SMILES string of the molecule is CCCN1CCC2(CCN(Cc3cnn(-c4ccc(F)cc4)c3)C2)C1=O. The summed E-state index contributed by atoms with van der Waals surface area (Å²) in [6.07, 6.45) is 6.80. The van der Waals surface area contributed by atoms with Crippen LogP contribution in [0.5, 0.6) is 0 Å². The van der Waals surface area contributed by atoms with Crippen LogP contribution in [0.2, 0.25) is 0 Å². The molecule has 26 heavy (non-hydrogen) atoms. The summed E-state index contributed by atoms with van der Waals surface area (Å²) in [7, 11) is 0. The second-order valence-corrected chi connectivity index (χ2v) is 7.55. The van der Waals surface area contributed by atoms with E-state index < -0.39 is 0 Å². The minimum atomic E-state index is -0.248. The van der Waals surface area contributed by atoms with E-state index in [0.29, 0.717) is 5.91 Å². The minimum absolute atomic E-state index is 0.165. The molecule has 0 bridgehead atoms. The first-order valence-corrected chi connectivity index (χ1v) is 9.41. The number of benzene rings is 1. The molecule has 2 fully saturated rings. The molecule has 0 aliphatic carbocycles. The quantitative estimate of drug-likeness (QED) is 0.827. The molecule has 1 atom stereocenters. The van der Waals surface area contributed by atoms with Gasteiger partial charge in [0.1, 0.15) is 5.82 Å². The zero-order valence-electron chi connectivity index (χ0n) is 15.2. The molecule has 1 unspecified atom stereocenters. The Balaban J connectivity index is 1.40. The van der Waals surface area contributed by atoms with Crippen molar-refractivity contribution in [2.45, 2.75) is 32.7 Å². The molecular weight excluding hydrogens is 331 g/mol. The molecule has 6 heteroatoms. The van der Waals surface area contributed by atoms with E-state index in [0.717, 1.165) is 63.2 Å². The number of hydrogen-bond donors (Lipinski definition) is 0. The van der Waals surface area contributed by atoms with Crippen molar-refractivity contribution in [3.8, 4) is 5.69 Å². The van der Waals surface area contributed by atoms with Crippen molar-refractivity contribution in [3.05, 3.63) is 48.0 Å². The molecule has 0 N–H and O–H groups in total. The Morgan fingerprint density at radius 1 is 1.19 bits per heavy atom. The summed E-state index contributed by atoms with van der Waals surface area (Å²) < 4.78 is 14.8. The van der Waals surface area contributed by atoms with Gasteiger partial charge < -0.3 is 4.90 Å². The molecule has 138 valence electrons. The van der Waals surface area contributed by atoms with E-state index in [1.165, 1.54) is 12.1 Å². The topological polar surface area (TPSA) is 41.4 Å². The average molecular weight is 356 g/mol. The number of hydrogen-bond acceptors (Lipinski definition) is 3. The molecule has 0 saturated carbocycles. The van der Waals surface area contributed by atoms with Crippen LogP contribution in [-0.2, 0) is 11.3 Å². The van der Waals surface area contributed by atoms with Crippen LogP contribution >= 0.6 is 0 Å². The second kappa shape index (κ2) is 6.83. The first kappa shape index (κ1) is 17.2. The third kappa shape index (κ3) is 3.14. The summed E-state index contributed by atoms with van der Waals surface area (Å²) in [6.45, 7) is 6.50. The van der Waals surface area contributed by atoms with E-state index in [2.05, 4.69) is 16.9 Å². The van der Waals surface area contributed by atoms with Gasteiger partial charge in [-0.3, -0.25) is 9.69 Å². The Kier molecular flexibility index (Phi) is 4.53. The summed E-state index contributed by atoms with van der Waals surface area (Å²) in [5.41, 5.74) is 1.79. The van der Waals surface area contributed by atoms with Crippen molar-refractivity contribution in [2.24, 2.45) is 5.41 Å². The summed E-state index contributed by atoms with van der Waals surface area (Å²) >= 11 is 0. The number of halogens is 1. The van der Waals surface area contributed by atoms with Gasteiger partial charge in [0.2, 0.25) is 5.91 Å². The predicted molar refractivity (Wildman–Crippen MR) is 97.3 cm³/mol. The zero-order valence-corrected chi connectivity index (χ0v) is 15.2. The van der Waals surface area contributed by atoms with Gasteiger partial charge in [0.15, 0.2) is 0 Å². The number of aromatic nitrogens is 2. The molecule has 3 heterocycles. The van der Waals surface area contributed by atoms with Gasteiger partial charge in [-0.2, -0.15) is 5.10 Å². The monoisotopic (exact) mass is 356 g/mol. The van der Waals surface area contributed by atoms with Crippen molar-refractivity contribution >= 4 is 5.91 Å². The van der Waals surface area contributed by atoms with E-state index in [4.69, 9.17) is 0 Å². The van der Waals surface area contributed by atoms with Crippen molar-refractivity contribution < 1.29 is 9.18 Å².